The van der Waals surface area contributed by atoms with Crippen LogP contribution in [-0.2, 0) is 11.0 Å². The molecular formula is C12H16BrNOS. The van der Waals surface area contributed by atoms with E-state index in [-0.39, 0.29) is 4.75 Å². The molecule has 0 aliphatic heterocycles. The molecule has 0 fully saturated rings. The van der Waals surface area contributed by atoms with Crippen LogP contribution >= 0.6 is 15.9 Å². The maximum atomic E-state index is 11.8. The Morgan fingerprint density at radius 2 is 2.00 bits per heavy atom. The summed E-state index contributed by atoms with van der Waals surface area (Å²) in [4.78, 5) is 0. The largest absolute Gasteiger partial charge is 0.234 e. The van der Waals surface area contributed by atoms with Crippen LogP contribution in [0, 0.1) is 0 Å². The van der Waals surface area contributed by atoms with Crippen molar-refractivity contribution >= 4 is 32.6 Å². The van der Waals surface area contributed by atoms with Crippen molar-refractivity contribution in [2.75, 3.05) is 0 Å². The molecule has 1 atom stereocenters. The molecule has 0 saturated carbocycles. The van der Waals surface area contributed by atoms with Gasteiger partial charge in [-0.1, -0.05) is 28.1 Å². The topological polar surface area (TPSA) is 29.4 Å². The average Bonchev–Trinajstić information content (AvgIpc) is 2.16. The van der Waals surface area contributed by atoms with E-state index in [0.717, 1.165) is 15.7 Å². The minimum Gasteiger partial charge on any atom is -0.234 e. The molecule has 0 aromatic heterocycles. The molecule has 16 heavy (non-hydrogen) atoms. The highest BCUT2D eigenvalue weighted by atomic mass is 79.9. The predicted octanol–water partition coefficient (Wildman–Crippen LogP) is 3.72. The summed E-state index contributed by atoms with van der Waals surface area (Å²) >= 11 is 3.41. The van der Waals surface area contributed by atoms with Gasteiger partial charge in [-0.2, -0.15) is 4.40 Å². The van der Waals surface area contributed by atoms with Crippen LogP contribution in [-0.4, -0.2) is 14.7 Å². The lowest BCUT2D eigenvalue weighted by molar-refractivity contribution is 0.650. The Hall–Kier alpha value is -0.480. The summed E-state index contributed by atoms with van der Waals surface area (Å²) in [7, 11) is -1.20. The molecule has 4 heteroatoms. The summed E-state index contributed by atoms with van der Waals surface area (Å²) in [6.07, 6.45) is 0. The predicted molar refractivity (Wildman–Crippen MR) is 74.2 cm³/mol. The second-order valence-electron chi connectivity index (χ2n) is 4.55. The lowest BCUT2D eigenvalue weighted by Gasteiger charge is -2.14. The van der Waals surface area contributed by atoms with E-state index in [2.05, 4.69) is 20.3 Å². The number of halogens is 1. The summed E-state index contributed by atoms with van der Waals surface area (Å²) in [5, 5.41) is 0. The zero-order valence-electron chi connectivity index (χ0n) is 9.95. The smallest absolute Gasteiger partial charge is 0.145 e. The molecule has 0 N–H and O–H groups in total. The number of hydrogen-bond acceptors (Lipinski definition) is 1. The standard InChI is InChI=1S/C12H16BrNOS/c1-9(14-16(15)12(2,3)4)10-6-5-7-11(13)8-10/h5-8H,1-4H3/b14-9-/t16-/m1/s1. The molecule has 0 aliphatic rings. The van der Waals surface area contributed by atoms with Gasteiger partial charge in [-0.15, -0.1) is 0 Å². The van der Waals surface area contributed by atoms with Gasteiger partial charge in [-0.25, -0.2) is 4.21 Å². The molecule has 2 nitrogen and oxygen atoms in total. The van der Waals surface area contributed by atoms with Crippen molar-refractivity contribution in [3.63, 3.8) is 0 Å². The van der Waals surface area contributed by atoms with Crippen molar-refractivity contribution in [3.8, 4) is 0 Å². The molecule has 0 radical (unpaired) electrons. The van der Waals surface area contributed by atoms with Crippen molar-refractivity contribution in [3.05, 3.63) is 34.3 Å². The zero-order chi connectivity index (χ0) is 12.3. The van der Waals surface area contributed by atoms with Crippen molar-refractivity contribution in [1.82, 2.24) is 0 Å². The summed E-state index contributed by atoms with van der Waals surface area (Å²) < 4.78 is 16.8. The first-order valence-corrected chi connectivity index (χ1v) is 6.94. The summed E-state index contributed by atoms with van der Waals surface area (Å²) in [6.45, 7) is 7.63. The Morgan fingerprint density at radius 1 is 1.38 bits per heavy atom. The minimum atomic E-state index is -1.20. The van der Waals surface area contributed by atoms with E-state index in [1.54, 1.807) is 0 Å². The van der Waals surface area contributed by atoms with Crippen LogP contribution in [0.25, 0.3) is 0 Å². The Morgan fingerprint density at radius 3 is 2.50 bits per heavy atom. The number of nitrogens with zero attached hydrogens (tertiary/aromatic N) is 1. The first-order chi connectivity index (χ1) is 7.30. The van der Waals surface area contributed by atoms with Crippen LogP contribution < -0.4 is 0 Å². The quantitative estimate of drug-likeness (QED) is 0.766. The van der Waals surface area contributed by atoms with Crippen molar-refractivity contribution in [1.29, 1.82) is 0 Å². The molecule has 0 unspecified atom stereocenters. The maximum Gasteiger partial charge on any atom is 0.145 e. The van der Waals surface area contributed by atoms with E-state index < -0.39 is 11.0 Å². The highest BCUT2D eigenvalue weighted by Crippen LogP contribution is 2.16. The molecule has 1 aromatic rings. The summed E-state index contributed by atoms with van der Waals surface area (Å²) in [5.74, 6) is 0. The fourth-order valence-corrected chi connectivity index (χ4v) is 2.05. The highest BCUT2D eigenvalue weighted by molar-refractivity contribution is 9.10. The van der Waals surface area contributed by atoms with E-state index in [4.69, 9.17) is 0 Å². The fourth-order valence-electron chi connectivity index (χ4n) is 1.03. The molecule has 0 heterocycles. The van der Waals surface area contributed by atoms with Gasteiger partial charge in [0.1, 0.15) is 11.0 Å². The van der Waals surface area contributed by atoms with Crippen LogP contribution in [0.5, 0.6) is 0 Å². The number of hydrogen-bond donors (Lipinski definition) is 0. The van der Waals surface area contributed by atoms with Gasteiger partial charge >= 0.3 is 0 Å². The molecule has 1 rings (SSSR count). The van der Waals surface area contributed by atoms with E-state index in [1.807, 2.05) is 52.0 Å². The molecule has 0 spiro atoms. The van der Waals surface area contributed by atoms with E-state index >= 15 is 0 Å². The molecule has 0 amide bonds. The summed E-state index contributed by atoms with van der Waals surface area (Å²) in [6, 6.07) is 7.83. The highest BCUT2D eigenvalue weighted by Gasteiger charge is 2.19. The molecule has 88 valence electrons. The van der Waals surface area contributed by atoms with Gasteiger partial charge < -0.3 is 0 Å². The van der Waals surface area contributed by atoms with Gasteiger partial charge in [0.2, 0.25) is 0 Å². The van der Waals surface area contributed by atoms with Crippen molar-refractivity contribution < 1.29 is 4.21 Å². The van der Waals surface area contributed by atoms with Gasteiger partial charge in [0.25, 0.3) is 0 Å². The first-order valence-electron chi connectivity index (χ1n) is 5.04. The maximum absolute atomic E-state index is 11.8. The summed E-state index contributed by atoms with van der Waals surface area (Å²) in [5.41, 5.74) is 1.79. The van der Waals surface area contributed by atoms with Crippen LogP contribution in [0.1, 0.15) is 33.3 Å². The van der Waals surface area contributed by atoms with E-state index in [9.17, 15) is 4.21 Å². The normalized spacial score (nSPS) is 14.9. The minimum absolute atomic E-state index is 0.312. The van der Waals surface area contributed by atoms with Gasteiger partial charge in [0, 0.05) is 4.47 Å². The van der Waals surface area contributed by atoms with E-state index in [1.165, 1.54) is 0 Å². The van der Waals surface area contributed by atoms with Crippen LogP contribution in [0.15, 0.2) is 33.1 Å². The molecule has 0 saturated heterocycles. The molecule has 1 aromatic carbocycles. The lowest BCUT2D eigenvalue weighted by Crippen LogP contribution is -2.20. The second kappa shape index (κ2) is 5.23. The zero-order valence-corrected chi connectivity index (χ0v) is 12.4. The molecule has 0 bridgehead atoms. The SMILES string of the molecule is C/C(=N/[S@](=O)C(C)(C)C)c1cccc(Br)c1. The average molecular weight is 302 g/mol. The fraction of sp³-hybridized carbons (Fsp3) is 0.417. The Labute approximate surface area is 108 Å². The molecule has 0 aliphatic carbocycles. The lowest BCUT2D eigenvalue weighted by atomic mass is 10.1. The third kappa shape index (κ3) is 3.83. The van der Waals surface area contributed by atoms with Crippen molar-refractivity contribution in [2.24, 2.45) is 4.40 Å². The number of benzene rings is 1. The van der Waals surface area contributed by atoms with Crippen molar-refractivity contribution in [2.45, 2.75) is 32.4 Å². The van der Waals surface area contributed by atoms with Crippen LogP contribution in [0.4, 0.5) is 0 Å². The third-order valence-electron chi connectivity index (χ3n) is 1.99. The van der Waals surface area contributed by atoms with Crippen LogP contribution in [0.2, 0.25) is 0 Å². The Kier molecular flexibility index (Phi) is 4.44. The Bertz CT molecular complexity index is 435. The Balaban J connectivity index is 2.99. The van der Waals surface area contributed by atoms with Crippen LogP contribution in [0.3, 0.4) is 0 Å². The van der Waals surface area contributed by atoms with Gasteiger partial charge in [-0.3, -0.25) is 0 Å². The number of rotatable bonds is 2. The van der Waals surface area contributed by atoms with Gasteiger partial charge in [0.15, 0.2) is 0 Å². The monoisotopic (exact) mass is 301 g/mol. The van der Waals surface area contributed by atoms with Gasteiger partial charge in [0.05, 0.1) is 10.5 Å². The molecular weight excluding hydrogens is 286 g/mol. The van der Waals surface area contributed by atoms with E-state index in [0.29, 0.717) is 0 Å². The third-order valence-corrected chi connectivity index (χ3v) is 3.97. The first kappa shape index (κ1) is 13.6. The second-order valence-corrected chi connectivity index (χ2v) is 7.37. The van der Waals surface area contributed by atoms with Gasteiger partial charge in [-0.05, 0) is 45.4 Å².